The van der Waals surface area contributed by atoms with Gasteiger partial charge in [-0.05, 0) is 43.5 Å². The van der Waals surface area contributed by atoms with Gasteiger partial charge in [-0.2, -0.15) is 0 Å². The Morgan fingerprint density at radius 2 is 2.05 bits per heavy atom. The third kappa shape index (κ3) is 3.54. The first-order valence-corrected chi connectivity index (χ1v) is 7.82. The van der Waals surface area contributed by atoms with Crippen LogP contribution in [0.25, 0.3) is 0 Å². The Morgan fingerprint density at radius 1 is 1.37 bits per heavy atom. The quantitative estimate of drug-likeness (QED) is 0.568. The van der Waals surface area contributed by atoms with Crippen LogP contribution >= 0.6 is 0 Å². The highest BCUT2D eigenvalue weighted by molar-refractivity contribution is 7.85. The molecule has 0 aromatic heterocycles. The lowest BCUT2D eigenvalue weighted by Crippen LogP contribution is -2.39. The summed E-state index contributed by atoms with van der Waals surface area (Å²) in [7, 11) is -0.702. The highest BCUT2D eigenvalue weighted by Gasteiger charge is 2.20. The van der Waals surface area contributed by atoms with E-state index in [0.717, 1.165) is 24.1 Å². The molecule has 1 aliphatic heterocycles. The van der Waals surface area contributed by atoms with Crippen LogP contribution in [0.15, 0.2) is 18.2 Å². The molecule has 0 aliphatic carbocycles. The van der Waals surface area contributed by atoms with Crippen LogP contribution in [0.5, 0.6) is 0 Å². The van der Waals surface area contributed by atoms with Crippen molar-refractivity contribution in [1.82, 2.24) is 5.32 Å². The number of benzene rings is 1. The summed E-state index contributed by atoms with van der Waals surface area (Å²) in [6, 6.07) is 5.49. The van der Waals surface area contributed by atoms with Crippen LogP contribution in [-0.4, -0.2) is 27.7 Å². The van der Waals surface area contributed by atoms with Crippen LogP contribution in [0.2, 0.25) is 0 Å². The molecular formula is C13H19N3O2S. The first kappa shape index (κ1) is 14.0. The number of hydrogen-bond acceptors (Lipinski definition) is 4. The van der Waals surface area contributed by atoms with E-state index in [1.165, 1.54) is 0 Å². The largest absolute Gasteiger partial charge is 0.349 e. The minimum absolute atomic E-state index is 0.0793. The Morgan fingerprint density at radius 3 is 2.63 bits per heavy atom. The van der Waals surface area contributed by atoms with E-state index in [0.29, 0.717) is 17.1 Å². The summed E-state index contributed by atoms with van der Waals surface area (Å²) >= 11 is 0. The van der Waals surface area contributed by atoms with Crippen LogP contribution in [0.1, 0.15) is 28.8 Å². The smallest absolute Gasteiger partial charge is 0.251 e. The van der Waals surface area contributed by atoms with Gasteiger partial charge in [0.1, 0.15) is 0 Å². The third-order valence-electron chi connectivity index (χ3n) is 3.37. The number of nitrogens with two attached hydrogens (primary N) is 1. The van der Waals surface area contributed by atoms with Gasteiger partial charge >= 0.3 is 0 Å². The third-order valence-corrected chi connectivity index (χ3v) is 4.75. The summed E-state index contributed by atoms with van der Waals surface area (Å²) in [5, 5.41) is 3.00. The van der Waals surface area contributed by atoms with Crippen molar-refractivity contribution < 1.29 is 9.00 Å². The average molecular weight is 281 g/mol. The summed E-state index contributed by atoms with van der Waals surface area (Å²) in [6.45, 7) is 1.90. The Bertz CT molecular complexity index is 495. The van der Waals surface area contributed by atoms with Gasteiger partial charge in [-0.1, -0.05) is 0 Å². The van der Waals surface area contributed by atoms with Crippen molar-refractivity contribution in [3.05, 3.63) is 29.3 Å². The van der Waals surface area contributed by atoms with Gasteiger partial charge < -0.3 is 10.7 Å². The second-order valence-electron chi connectivity index (χ2n) is 4.77. The van der Waals surface area contributed by atoms with E-state index in [2.05, 4.69) is 10.7 Å². The van der Waals surface area contributed by atoms with Crippen LogP contribution in [0.4, 0.5) is 5.69 Å². The van der Waals surface area contributed by atoms with Gasteiger partial charge in [-0.15, -0.1) is 0 Å². The molecule has 1 amide bonds. The normalized spacial score (nSPS) is 22.8. The fourth-order valence-corrected chi connectivity index (χ4v) is 3.47. The zero-order valence-electron chi connectivity index (χ0n) is 10.9. The number of anilines is 1. The van der Waals surface area contributed by atoms with E-state index in [4.69, 9.17) is 5.84 Å². The molecule has 0 radical (unpaired) electrons. The van der Waals surface area contributed by atoms with Gasteiger partial charge in [0.05, 0.1) is 5.69 Å². The molecule has 4 N–H and O–H groups in total. The maximum atomic E-state index is 12.1. The van der Waals surface area contributed by atoms with E-state index >= 15 is 0 Å². The molecule has 5 nitrogen and oxygen atoms in total. The topological polar surface area (TPSA) is 84.2 Å². The van der Waals surface area contributed by atoms with E-state index in [-0.39, 0.29) is 11.9 Å². The predicted molar refractivity (Wildman–Crippen MR) is 77.4 cm³/mol. The van der Waals surface area contributed by atoms with Crippen molar-refractivity contribution >= 4 is 22.4 Å². The molecule has 1 aromatic carbocycles. The minimum Gasteiger partial charge on any atom is -0.349 e. The molecule has 1 aromatic rings. The highest BCUT2D eigenvalue weighted by atomic mass is 32.2. The fourth-order valence-electron chi connectivity index (χ4n) is 2.17. The summed E-state index contributed by atoms with van der Waals surface area (Å²) in [5.41, 5.74) is 4.95. The van der Waals surface area contributed by atoms with Crippen molar-refractivity contribution in [2.24, 2.45) is 5.84 Å². The minimum atomic E-state index is -0.702. The number of amides is 1. The summed E-state index contributed by atoms with van der Waals surface area (Å²) in [5.74, 6) is 6.64. The highest BCUT2D eigenvalue weighted by Crippen LogP contribution is 2.16. The van der Waals surface area contributed by atoms with Crippen LogP contribution in [-0.2, 0) is 10.8 Å². The maximum Gasteiger partial charge on any atom is 0.251 e. The van der Waals surface area contributed by atoms with Crippen molar-refractivity contribution in [3.63, 3.8) is 0 Å². The van der Waals surface area contributed by atoms with E-state index in [1.807, 2.05) is 13.0 Å². The molecule has 0 bridgehead atoms. The van der Waals surface area contributed by atoms with E-state index < -0.39 is 10.8 Å². The molecule has 0 unspecified atom stereocenters. The van der Waals surface area contributed by atoms with Crippen molar-refractivity contribution in [3.8, 4) is 0 Å². The molecule has 19 heavy (non-hydrogen) atoms. The Labute approximate surface area is 115 Å². The molecule has 6 heteroatoms. The maximum absolute atomic E-state index is 12.1. The number of carbonyl (C=O) groups is 1. The number of carbonyl (C=O) groups excluding carboxylic acids is 1. The van der Waals surface area contributed by atoms with Gasteiger partial charge in [-0.25, -0.2) is 0 Å². The molecule has 104 valence electrons. The monoisotopic (exact) mass is 281 g/mol. The number of rotatable bonds is 3. The molecular weight excluding hydrogens is 262 g/mol. The predicted octanol–water partition coefficient (Wildman–Crippen LogP) is 0.922. The van der Waals surface area contributed by atoms with Gasteiger partial charge in [0.25, 0.3) is 5.91 Å². The zero-order chi connectivity index (χ0) is 13.8. The van der Waals surface area contributed by atoms with E-state index in [9.17, 15) is 9.00 Å². The molecule has 0 atom stereocenters. The van der Waals surface area contributed by atoms with Crippen molar-refractivity contribution in [2.75, 3.05) is 16.9 Å². The lowest BCUT2D eigenvalue weighted by atomic mass is 10.1. The number of nitrogens with one attached hydrogen (secondary N) is 2. The average Bonchev–Trinajstić information content (AvgIpc) is 2.41. The van der Waals surface area contributed by atoms with Crippen LogP contribution < -0.4 is 16.6 Å². The fraction of sp³-hybridized carbons (Fsp3) is 0.462. The Balaban J connectivity index is 2.00. The van der Waals surface area contributed by atoms with Gasteiger partial charge in [0.15, 0.2) is 0 Å². The summed E-state index contributed by atoms with van der Waals surface area (Å²) in [4.78, 5) is 12.1. The van der Waals surface area contributed by atoms with Crippen LogP contribution in [0.3, 0.4) is 0 Å². The number of hydrazine groups is 1. The van der Waals surface area contributed by atoms with Crippen molar-refractivity contribution in [2.45, 2.75) is 25.8 Å². The molecule has 1 fully saturated rings. The van der Waals surface area contributed by atoms with Gasteiger partial charge in [0.2, 0.25) is 0 Å². The standard InChI is InChI=1S/C13H19N3O2S/c1-9-8-10(2-3-12(9)16-14)13(17)15-11-4-6-19(18)7-5-11/h2-3,8,11,16H,4-7,14H2,1H3,(H,15,17). The number of hydrogen-bond donors (Lipinski definition) is 3. The lowest BCUT2D eigenvalue weighted by Gasteiger charge is -2.22. The Kier molecular flexibility index (Phi) is 4.55. The van der Waals surface area contributed by atoms with Crippen molar-refractivity contribution in [1.29, 1.82) is 0 Å². The first-order chi connectivity index (χ1) is 9.10. The summed E-state index contributed by atoms with van der Waals surface area (Å²) in [6.07, 6.45) is 1.58. The number of aryl methyl sites for hydroxylation is 1. The van der Waals surface area contributed by atoms with Gasteiger partial charge in [0, 0.05) is 33.9 Å². The molecule has 1 heterocycles. The molecule has 0 spiro atoms. The summed E-state index contributed by atoms with van der Waals surface area (Å²) < 4.78 is 11.3. The molecule has 1 saturated heterocycles. The van der Waals surface area contributed by atoms with Gasteiger partial charge in [-0.3, -0.25) is 14.8 Å². The lowest BCUT2D eigenvalue weighted by molar-refractivity contribution is 0.0934. The van der Waals surface area contributed by atoms with Crippen LogP contribution in [0, 0.1) is 6.92 Å². The molecule has 1 aliphatic rings. The van der Waals surface area contributed by atoms with E-state index in [1.54, 1.807) is 12.1 Å². The Hall–Kier alpha value is -1.40. The second kappa shape index (κ2) is 6.16. The number of nitrogen functional groups attached to an aromatic ring is 1. The second-order valence-corrected chi connectivity index (χ2v) is 6.47. The first-order valence-electron chi connectivity index (χ1n) is 6.33. The zero-order valence-corrected chi connectivity index (χ0v) is 11.8. The SMILES string of the molecule is Cc1cc(C(=O)NC2CCS(=O)CC2)ccc1NN. The molecule has 0 saturated carbocycles. The molecule has 2 rings (SSSR count).